The first-order valence-electron chi connectivity index (χ1n) is 14.7. The van der Waals surface area contributed by atoms with E-state index in [1.54, 1.807) is 0 Å². The third-order valence-corrected chi connectivity index (χ3v) is 7.96. The van der Waals surface area contributed by atoms with Gasteiger partial charge in [0.2, 0.25) is 0 Å². The van der Waals surface area contributed by atoms with E-state index in [9.17, 15) is 9.59 Å². The maximum atomic E-state index is 13.7. The van der Waals surface area contributed by atoms with Gasteiger partial charge in [-0.05, 0) is 70.9 Å². The molecule has 6 nitrogen and oxygen atoms in total. The van der Waals surface area contributed by atoms with Gasteiger partial charge < -0.3 is 14.2 Å². The SMILES string of the molecule is CCCCCCC(/C=C\C1CCCCC12CC[C@@H](COCc1ccccc1)N2C(=O)OC(C)(C)C)OC=O. The fourth-order valence-corrected chi connectivity index (χ4v) is 6.16. The standard InChI is InChI=1S/C32H49NO5/c1-5-6-7-11-17-29(37-25-34)19-18-27-16-12-13-21-32(27)22-20-28(33(32)30(35)38-31(2,3)4)24-36-23-26-14-9-8-10-15-26/h8-10,14-15,18-19,25,27-29H,5-7,11-13,16-17,20-24H2,1-4H3/b19-18-/t27?,28-,29?,32?/m0/s1. The maximum absolute atomic E-state index is 13.7. The normalized spacial score (nSPS) is 24.6. The van der Waals surface area contributed by atoms with Crippen LogP contribution in [0.15, 0.2) is 42.5 Å². The minimum Gasteiger partial charge on any atom is -0.460 e. The molecule has 1 aromatic rings. The minimum absolute atomic E-state index is 0.0290. The molecule has 0 radical (unpaired) electrons. The van der Waals surface area contributed by atoms with Crippen LogP contribution in [-0.4, -0.2) is 47.4 Å². The molecule has 2 fully saturated rings. The lowest BCUT2D eigenvalue weighted by molar-refractivity contribution is -0.131. The van der Waals surface area contributed by atoms with Crippen LogP contribution in [0, 0.1) is 5.92 Å². The van der Waals surface area contributed by atoms with Crippen LogP contribution in [0.2, 0.25) is 0 Å². The van der Waals surface area contributed by atoms with Crippen LogP contribution in [-0.2, 0) is 25.6 Å². The molecule has 6 heteroatoms. The second-order valence-electron chi connectivity index (χ2n) is 12.0. The lowest BCUT2D eigenvalue weighted by Gasteiger charge is -2.48. The number of benzene rings is 1. The summed E-state index contributed by atoms with van der Waals surface area (Å²) < 4.78 is 17.5. The van der Waals surface area contributed by atoms with Gasteiger partial charge in [-0.1, -0.05) is 75.4 Å². The van der Waals surface area contributed by atoms with Crippen LogP contribution in [0.25, 0.3) is 0 Å². The molecule has 1 spiro atoms. The van der Waals surface area contributed by atoms with Crippen LogP contribution in [0.1, 0.15) is 104 Å². The summed E-state index contributed by atoms with van der Waals surface area (Å²) in [7, 11) is 0. The molecule has 3 rings (SSSR count). The first kappa shape index (κ1) is 30.2. The van der Waals surface area contributed by atoms with Crippen molar-refractivity contribution in [3.05, 3.63) is 48.0 Å². The highest BCUT2D eigenvalue weighted by Crippen LogP contribution is 2.49. The highest BCUT2D eigenvalue weighted by atomic mass is 16.6. The fourth-order valence-electron chi connectivity index (χ4n) is 6.16. The molecule has 1 aliphatic heterocycles. The van der Waals surface area contributed by atoms with Gasteiger partial charge in [0, 0.05) is 5.92 Å². The van der Waals surface area contributed by atoms with E-state index in [1.165, 1.54) is 12.8 Å². The van der Waals surface area contributed by atoms with Crippen molar-refractivity contribution in [2.75, 3.05) is 6.61 Å². The van der Waals surface area contributed by atoms with Gasteiger partial charge in [0.1, 0.15) is 11.7 Å². The number of carbonyl (C=O) groups excluding carboxylic acids is 2. The van der Waals surface area contributed by atoms with Gasteiger partial charge in [0.25, 0.3) is 6.47 Å². The highest BCUT2D eigenvalue weighted by Gasteiger charge is 2.54. The topological polar surface area (TPSA) is 65.1 Å². The van der Waals surface area contributed by atoms with Crippen molar-refractivity contribution in [1.29, 1.82) is 0 Å². The van der Waals surface area contributed by atoms with Crippen LogP contribution in [0.5, 0.6) is 0 Å². The van der Waals surface area contributed by atoms with E-state index in [1.807, 2.05) is 43.9 Å². The average Bonchev–Trinajstić information content (AvgIpc) is 3.24. The second-order valence-corrected chi connectivity index (χ2v) is 12.0. The Labute approximate surface area is 230 Å². The van der Waals surface area contributed by atoms with Crippen LogP contribution in [0.3, 0.4) is 0 Å². The molecular formula is C32H49NO5. The number of hydrogen-bond acceptors (Lipinski definition) is 5. The number of rotatable bonds is 13. The third-order valence-electron chi connectivity index (χ3n) is 7.96. The predicted molar refractivity (Wildman–Crippen MR) is 151 cm³/mol. The van der Waals surface area contributed by atoms with E-state index in [-0.39, 0.29) is 29.7 Å². The molecule has 1 amide bonds. The first-order valence-corrected chi connectivity index (χ1v) is 14.7. The molecule has 0 N–H and O–H groups in total. The van der Waals surface area contributed by atoms with Crippen LogP contribution < -0.4 is 0 Å². The minimum atomic E-state index is -0.572. The third kappa shape index (κ3) is 8.59. The van der Waals surface area contributed by atoms with E-state index in [4.69, 9.17) is 14.2 Å². The summed E-state index contributed by atoms with van der Waals surface area (Å²) in [4.78, 5) is 26.9. The van der Waals surface area contributed by atoms with Crippen LogP contribution >= 0.6 is 0 Å². The van der Waals surface area contributed by atoms with Crippen molar-refractivity contribution in [3.63, 3.8) is 0 Å². The predicted octanol–water partition coefficient (Wildman–Crippen LogP) is 7.60. The van der Waals surface area contributed by atoms with Crippen LogP contribution in [0.4, 0.5) is 4.79 Å². The van der Waals surface area contributed by atoms with E-state index >= 15 is 0 Å². The summed E-state index contributed by atoms with van der Waals surface area (Å²) in [6.07, 6.45) is 15.2. The molecule has 38 heavy (non-hydrogen) atoms. The summed E-state index contributed by atoms with van der Waals surface area (Å²) >= 11 is 0. The monoisotopic (exact) mass is 527 g/mol. The Kier molecular flexibility index (Phi) is 11.7. The summed E-state index contributed by atoms with van der Waals surface area (Å²) in [5.41, 5.74) is 0.256. The first-order chi connectivity index (χ1) is 18.3. The summed E-state index contributed by atoms with van der Waals surface area (Å²) in [6, 6.07) is 10.1. The number of likely N-dealkylation sites (tertiary alicyclic amines) is 1. The number of unbranched alkanes of at least 4 members (excludes halogenated alkanes) is 3. The largest absolute Gasteiger partial charge is 0.460 e. The van der Waals surface area contributed by atoms with E-state index in [0.29, 0.717) is 19.7 Å². The van der Waals surface area contributed by atoms with Crippen molar-refractivity contribution in [3.8, 4) is 0 Å². The molecular weight excluding hydrogens is 478 g/mol. The van der Waals surface area contributed by atoms with Gasteiger partial charge in [-0.25, -0.2) is 4.79 Å². The summed E-state index contributed by atoms with van der Waals surface area (Å²) in [5, 5.41) is 0. The Hall–Kier alpha value is -2.34. The molecule has 1 saturated heterocycles. The maximum Gasteiger partial charge on any atom is 0.411 e. The van der Waals surface area contributed by atoms with Gasteiger partial charge >= 0.3 is 6.09 Å². The van der Waals surface area contributed by atoms with Crippen molar-refractivity contribution in [2.45, 2.75) is 128 Å². The van der Waals surface area contributed by atoms with Gasteiger partial charge in [0.15, 0.2) is 0 Å². The molecule has 3 unspecified atom stereocenters. The molecule has 4 atom stereocenters. The molecule has 2 aliphatic rings. The zero-order valence-corrected chi connectivity index (χ0v) is 24.0. The van der Waals surface area contributed by atoms with Gasteiger partial charge in [-0.15, -0.1) is 0 Å². The fraction of sp³-hybridized carbons (Fsp3) is 0.688. The number of hydrogen-bond donors (Lipinski definition) is 0. The molecule has 1 aliphatic carbocycles. The average molecular weight is 528 g/mol. The Morgan fingerprint density at radius 3 is 2.61 bits per heavy atom. The van der Waals surface area contributed by atoms with Gasteiger partial charge in [-0.2, -0.15) is 0 Å². The Morgan fingerprint density at radius 1 is 1.11 bits per heavy atom. The van der Waals surface area contributed by atoms with E-state index < -0.39 is 5.60 Å². The van der Waals surface area contributed by atoms with E-state index in [2.05, 4.69) is 31.2 Å². The number of amides is 1. The quantitative estimate of drug-likeness (QED) is 0.150. The Bertz CT molecular complexity index is 880. The van der Waals surface area contributed by atoms with Crippen molar-refractivity contribution in [1.82, 2.24) is 4.90 Å². The molecule has 0 bridgehead atoms. The second kappa shape index (κ2) is 14.7. The molecule has 0 aromatic heterocycles. The van der Waals surface area contributed by atoms with Crippen molar-refractivity contribution >= 4 is 12.6 Å². The number of ether oxygens (including phenoxy) is 3. The molecule has 212 valence electrons. The molecule has 1 aromatic carbocycles. The molecule has 1 heterocycles. The smallest absolute Gasteiger partial charge is 0.411 e. The van der Waals surface area contributed by atoms with Crippen molar-refractivity contribution in [2.24, 2.45) is 5.92 Å². The van der Waals surface area contributed by atoms with Gasteiger partial charge in [-0.3, -0.25) is 9.69 Å². The summed E-state index contributed by atoms with van der Waals surface area (Å²) in [6.45, 7) is 9.54. The van der Waals surface area contributed by atoms with Crippen molar-refractivity contribution < 1.29 is 23.8 Å². The summed E-state index contributed by atoms with van der Waals surface area (Å²) in [5.74, 6) is 0.191. The number of carbonyl (C=O) groups is 2. The lowest BCUT2D eigenvalue weighted by atomic mass is 9.71. The van der Waals surface area contributed by atoms with Gasteiger partial charge in [0.05, 0.1) is 24.8 Å². The zero-order chi connectivity index (χ0) is 27.4. The van der Waals surface area contributed by atoms with E-state index in [0.717, 1.165) is 63.4 Å². The lowest BCUT2D eigenvalue weighted by Crippen LogP contribution is -2.57. The molecule has 1 saturated carbocycles. The number of nitrogens with zero attached hydrogens (tertiary/aromatic N) is 1. The highest BCUT2D eigenvalue weighted by molar-refractivity contribution is 5.70. The Balaban J connectivity index is 1.78. The zero-order valence-electron chi connectivity index (χ0n) is 24.0. The Morgan fingerprint density at radius 2 is 1.89 bits per heavy atom.